The first-order valence-electron chi connectivity index (χ1n) is 13.2. The summed E-state index contributed by atoms with van der Waals surface area (Å²) in [5, 5.41) is 19.1. The molecular weight excluding hydrogens is 614 g/mol. The molecule has 4 aromatic carbocycles. The van der Waals surface area contributed by atoms with Crippen molar-refractivity contribution in [3.8, 4) is 23.0 Å². The van der Waals surface area contributed by atoms with Crippen molar-refractivity contribution >= 4 is 23.4 Å². The number of likely N-dealkylation sites (N-methyl/N-ethyl adjacent to an activating group) is 1. The normalized spacial score (nSPS) is 15.7. The zero-order chi connectivity index (χ0) is 33.6. The zero-order valence-electron chi connectivity index (χ0n) is 23.8. The fourth-order valence-electron chi connectivity index (χ4n) is 4.49. The van der Waals surface area contributed by atoms with Crippen LogP contribution in [0.2, 0.25) is 0 Å². The van der Waals surface area contributed by atoms with Gasteiger partial charge < -0.3 is 25.4 Å². The summed E-state index contributed by atoms with van der Waals surface area (Å²) in [6.07, 6.45) is 0. The third kappa shape index (κ3) is 7.23. The number of carbonyl (C=O) groups is 3. The number of rotatable bonds is 9. The van der Waals surface area contributed by atoms with Gasteiger partial charge in [0.1, 0.15) is 23.0 Å². The van der Waals surface area contributed by atoms with E-state index in [0.29, 0.717) is 11.1 Å². The highest BCUT2D eigenvalue weighted by Crippen LogP contribution is 2.40. The van der Waals surface area contributed by atoms with E-state index in [1.54, 1.807) is 12.1 Å². The Morgan fingerprint density at radius 1 is 0.739 bits per heavy atom. The summed E-state index contributed by atoms with van der Waals surface area (Å²) < 4.78 is 57.1. The average Bonchev–Trinajstić information content (AvgIpc) is 3.25. The van der Waals surface area contributed by atoms with Crippen LogP contribution in [0.15, 0.2) is 102 Å². The van der Waals surface area contributed by atoms with Gasteiger partial charge in [0.25, 0.3) is 5.91 Å². The Kier molecular flexibility index (Phi) is 9.90. The number of aromatic hydroxyl groups is 2. The van der Waals surface area contributed by atoms with E-state index in [-0.39, 0.29) is 40.1 Å². The first-order chi connectivity index (χ1) is 21.8. The van der Waals surface area contributed by atoms with E-state index in [0.717, 1.165) is 0 Å². The van der Waals surface area contributed by atoms with Crippen LogP contribution in [0.25, 0.3) is 0 Å². The quantitative estimate of drug-likeness (QED) is 0.130. The predicted molar refractivity (Wildman–Crippen MR) is 156 cm³/mol. The Morgan fingerprint density at radius 2 is 1.24 bits per heavy atom. The lowest BCUT2D eigenvalue weighted by atomic mass is 9.82. The van der Waals surface area contributed by atoms with Crippen molar-refractivity contribution in [1.29, 1.82) is 0 Å². The number of ketones is 2. The topological polar surface area (TPSA) is 152 Å². The molecule has 46 heavy (non-hydrogen) atoms. The molecule has 5 rings (SSSR count). The highest BCUT2D eigenvalue weighted by atomic mass is 19.3. The maximum atomic E-state index is 12.9. The molecule has 4 N–H and O–H groups in total. The SMILES string of the molecule is CN1C(=O)C(c2ccc(OC(F)F)cc2)(c2cccc(O)c2)N=C1N.O=C(C(=O)c1cccc(O)c1)c1ccc(OC(F)F)cc1. The number of benzene rings is 4. The summed E-state index contributed by atoms with van der Waals surface area (Å²) in [5.74, 6) is -2.32. The number of aliphatic imine (C=N–C) groups is 1. The first-order valence-corrected chi connectivity index (χ1v) is 13.2. The van der Waals surface area contributed by atoms with Crippen molar-refractivity contribution < 1.29 is 51.6 Å². The van der Waals surface area contributed by atoms with Gasteiger partial charge in [0.2, 0.25) is 11.6 Å². The zero-order valence-corrected chi connectivity index (χ0v) is 23.8. The number of Topliss-reactive ketones (excluding diaryl/α,β-unsaturated/α-hetero) is 2. The molecule has 14 heteroatoms. The Labute approximate surface area is 258 Å². The highest BCUT2D eigenvalue weighted by molar-refractivity contribution is 6.49. The van der Waals surface area contributed by atoms with Crippen LogP contribution >= 0.6 is 0 Å². The third-order valence-electron chi connectivity index (χ3n) is 6.66. The third-order valence-corrected chi connectivity index (χ3v) is 6.66. The molecule has 1 unspecified atom stereocenters. The van der Waals surface area contributed by atoms with Gasteiger partial charge in [-0.25, -0.2) is 4.99 Å². The molecule has 1 heterocycles. The van der Waals surface area contributed by atoms with Gasteiger partial charge >= 0.3 is 13.2 Å². The molecule has 0 aromatic heterocycles. The Morgan fingerprint density at radius 3 is 1.72 bits per heavy atom. The van der Waals surface area contributed by atoms with Gasteiger partial charge in [0.15, 0.2) is 11.5 Å². The first kappa shape index (κ1) is 33.0. The van der Waals surface area contributed by atoms with E-state index in [1.807, 2.05) is 0 Å². The lowest BCUT2D eigenvalue weighted by Gasteiger charge is -2.26. The molecule has 0 fully saturated rings. The molecule has 0 aliphatic carbocycles. The summed E-state index contributed by atoms with van der Waals surface area (Å²) in [4.78, 5) is 42.4. The number of halogens is 4. The standard InChI is InChI=1S/C17H15F2N3O3.C15H10F2O4/c1-22-14(24)17(21-16(22)20,11-3-2-4-12(23)9-11)10-5-7-13(8-6-10)25-15(18)19;16-15(17)21-12-6-4-9(5-7-12)13(19)14(20)10-2-1-3-11(18)8-10/h2-9,15,23H,1H3,(H2,20,21);1-8,15,18H. The number of guanidine groups is 1. The van der Waals surface area contributed by atoms with Gasteiger partial charge in [-0.2, -0.15) is 17.6 Å². The van der Waals surface area contributed by atoms with Crippen molar-refractivity contribution in [3.05, 3.63) is 119 Å². The molecule has 0 saturated carbocycles. The second-order valence-corrected chi connectivity index (χ2v) is 9.61. The van der Waals surface area contributed by atoms with Crippen molar-refractivity contribution in [2.45, 2.75) is 18.8 Å². The van der Waals surface area contributed by atoms with Crippen molar-refractivity contribution in [1.82, 2.24) is 4.90 Å². The number of nitrogens with two attached hydrogens (primary N) is 1. The van der Waals surface area contributed by atoms with Crippen LogP contribution < -0.4 is 15.2 Å². The van der Waals surface area contributed by atoms with Crippen LogP contribution in [0.4, 0.5) is 17.6 Å². The average molecular weight is 640 g/mol. The lowest BCUT2D eigenvalue weighted by molar-refractivity contribution is -0.129. The summed E-state index contributed by atoms with van der Waals surface area (Å²) in [5.41, 5.74) is 5.24. The molecule has 1 atom stereocenters. The number of phenolic OH excluding ortho intramolecular Hbond substituents is 2. The summed E-state index contributed by atoms with van der Waals surface area (Å²) in [6.45, 7) is -5.90. The second kappa shape index (κ2) is 13.8. The molecule has 0 saturated heterocycles. The van der Waals surface area contributed by atoms with Crippen LogP contribution in [-0.4, -0.2) is 58.8 Å². The molecule has 1 amide bonds. The number of alkyl halides is 4. The molecule has 0 bridgehead atoms. The van der Waals surface area contributed by atoms with Crippen LogP contribution in [0.5, 0.6) is 23.0 Å². The molecule has 0 spiro atoms. The summed E-state index contributed by atoms with van der Waals surface area (Å²) in [6, 6.07) is 21.9. The fraction of sp³-hybridized carbons (Fsp3) is 0.125. The maximum Gasteiger partial charge on any atom is 0.387 e. The minimum atomic E-state index is -2.96. The fourth-order valence-corrected chi connectivity index (χ4v) is 4.49. The molecule has 238 valence electrons. The van der Waals surface area contributed by atoms with E-state index in [9.17, 15) is 42.2 Å². The number of amides is 1. The number of phenols is 2. The molecule has 0 radical (unpaired) electrons. The predicted octanol–water partition coefficient (Wildman–Crippen LogP) is 5.08. The number of hydrogen-bond donors (Lipinski definition) is 3. The smallest absolute Gasteiger partial charge is 0.387 e. The largest absolute Gasteiger partial charge is 0.508 e. The second-order valence-electron chi connectivity index (χ2n) is 9.61. The van der Waals surface area contributed by atoms with Crippen molar-refractivity contribution in [3.63, 3.8) is 0 Å². The van der Waals surface area contributed by atoms with Crippen LogP contribution in [-0.2, 0) is 10.3 Å². The molecular formula is C32H25F4N3O7. The van der Waals surface area contributed by atoms with Crippen LogP contribution in [0, 0.1) is 0 Å². The van der Waals surface area contributed by atoms with E-state index in [2.05, 4.69) is 14.5 Å². The van der Waals surface area contributed by atoms with Gasteiger partial charge in [-0.3, -0.25) is 19.3 Å². The van der Waals surface area contributed by atoms with E-state index < -0.39 is 36.2 Å². The number of ether oxygens (including phenoxy) is 2. The number of carbonyl (C=O) groups excluding carboxylic acids is 3. The number of nitrogens with zero attached hydrogens (tertiary/aromatic N) is 2. The Bertz CT molecular complexity index is 1770. The van der Waals surface area contributed by atoms with Gasteiger partial charge in [0.05, 0.1) is 0 Å². The van der Waals surface area contributed by atoms with Gasteiger partial charge in [0, 0.05) is 18.2 Å². The van der Waals surface area contributed by atoms with Gasteiger partial charge in [-0.1, -0.05) is 36.4 Å². The van der Waals surface area contributed by atoms with E-state index >= 15 is 0 Å². The van der Waals surface area contributed by atoms with Crippen molar-refractivity contribution in [2.24, 2.45) is 10.7 Å². The van der Waals surface area contributed by atoms with E-state index in [4.69, 9.17) is 5.73 Å². The molecule has 10 nitrogen and oxygen atoms in total. The molecule has 4 aromatic rings. The maximum absolute atomic E-state index is 12.9. The van der Waals surface area contributed by atoms with Crippen LogP contribution in [0.1, 0.15) is 31.8 Å². The molecule has 1 aliphatic heterocycles. The molecule has 1 aliphatic rings. The Hall–Kier alpha value is -5.92. The van der Waals surface area contributed by atoms with Crippen LogP contribution in [0.3, 0.4) is 0 Å². The minimum absolute atomic E-state index is 0.0150. The summed E-state index contributed by atoms with van der Waals surface area (Å²) in [7, 11) is 1.49. The summed E-state index contributed by atoms with van der Waals surface area (Å²) >= 11 is 0. The lowest BCUT2D eigenvalue weighted by Crippen LogP contribution is -2.41. The monoisotopic (exact) mass is 639 g/mol. The Balaban J connectivity index is 0.000000212. The van der Waals surface area contributed by atoms with Gasteiger partial charge in [-0.05, 0) is 71.8 Å². The van der Waals surface area contributed by atoms with Crippen molar-refractivity contribution in [2.75, 3.05) is 7.05 Å². The minimum Gasteiger partial charge on any atom is -0.508 e. The highest BCUT2D eigenvalue weighted by Gasteiger charge is 2.49. The number of hydrogen-bond acceptors (Lipinski definition) is 9. The van der Waals surface area contributed by atoms with E-state index in [1.165, 1.54) is 96.9 Å². The van der Waals surface area contributed by atoms with Gasteiger partial charge in [-0.15, -0.1) is 0 Å².